The maximum absolute atomic E-state index is 12.5. The number of hydrogen-bond donors (Lipinski definition) is 2. The molecule has 0 aliphatic heterocycles. The second kappa shape index (κ2) is 5.89. The highest BCUT2D eigenvalue weighted by molar-refractivity contribution is 9.10. The Morgan fingerprint density at radius 2 is 1.87 bits per heavy atom. The molecule has 116 valence electrons. The monoisotopic (exact) mass is 372 g/mol. The van der Waals surface area contributed by atoms with Gasteiger partial charge in [-0.1, -0.05) is 34.1 Å². The average Bonchev–Trinajstić information content (AvgIpc) is 2.54. The summed E-state index contributed by atoms with van der Waals surface area (Å²) >= 11 is 3.33. The lowest BCUT2D eigenvalue weighted by Gasteiger charge is -2.12. The molecule has 6 heteroatoms. The van der Waals surface area contributed by atoms with Crippen LogP contribution in [0.15, 0.2) is 57.8 Å². The molecule has 3 rings (SSSR count). The average molecular weight is 373 g/mol. The predicted octanol–water partition coefficient (Wildman–Crippen LogP) is 3.26. The molecule has 0 saturated heterocycles. The third-order valence-corrected chi connectivity index (χ3v) is 4.08. The van der Waals surface area contributed by atoms with Crippen LogP contribution in [0.3, 0.4) is 0 Å². The number of hydrogen-bond acceptors (Lipinski definition) is 3. The highest BCUT2D eigenvalue weighted by atomic mass is 79.9. The number of halogens is 1. The van der Waals surface area contributed by atoms with Gasteiger partial charge < -0.3 is 15.0 Å². The highest BCUT2D eigenvalue weighted by Crippen LogP contribution is 2.29. The maximum Gasteiger partial charge on any atom is 0.267 e. The molecule has 0 atom stereocenters. The van der Waals surface area contributed by atoms with Gasteiger partial charge >= 0.3 is 0 Å². The summed E-state index contributed by atoms with van der Waals surface area (Å²) in [5, 5.41) is 13.5. The Labute approximate surface area is 140 Å². The molecule has 0 unspecified atom stereocenters. The number of anilines is 1. The van der Waals surface area contributed by atoms with Gasteiger partial charge in [0.2, 0.25) is 0 Å². The van der Waals surface area contributed by atoms with E-state index in [4.69, 9.17) is 0 Å². The Balaban J connectivity index is 2.17. The molecular formula is C17H13BrN2O3. The van der Waals surface area contributed by atoms with Crippen LogP contribution in [0.5, 0.6) is 5.75 Å². The fraction of sp³-hybridized carbons (Fsp3) is 0.0588. The predicted molar refractivity (Wildman–Crippen MR) is 92.9 cm³/mol. The first kappa shape index (κ1) is 15.3. The van der Waals surface area contributed by atoms with Crippen LogP contribution in [-0.4, -0.2) is 15.6 Å². The van der Waals surface area contributed by atoms with Crippen LogP contribution in [0.2, 0.25) is 0 Å². The van der Waals surface area contributed by atoms with Crippen molar-refractivity contribution in [1.82, 2.24) is 4.57 Å². The van der Waals surface area contributed by atoms with Gasteiger partial charge in [0.1, 0.15) is 11.3 Å². The van der Waals surface area contributed by atoms with Crippen molar-refractivity contribution >= 4 is 38.4 Å². The van der Waals surface area contributed by atoms with E-state index in [1.807, 2.05) is 6.07 Å². The molecule has 1 heterocycles. The second-order valence-corrected chi connectivity index (χ2v) is 5.99. The fourth-order valence-corrected chi connectivity index (χ4v) is 2.78. The lowest BCUT2D eigenvalue weighted by atomic mass is 10.1. The summed E-state index contributed by atoms with van der Waals surface area (Å²) in [7, 11) is 1.57. The number of carbonyl (C=O) groups is 1. The summed E-state index contributed by atoms with van der Waals surface area (Å²) in [6.07, 6.45) is 0. The molecule has 0 saturated carbocycles. The molecule has 0 fully saturated rings. The number of carbonyl (C=O) groups excluding carboxylic acids is 1. The van der Waals surface area contributed by atoms with Crippen molar-refractivity contribution in [1.29, 1.82) is 0 Å². The van der Waals surface area contributed by atoms with Crippen molar-refractivity contribution < 1.29 is 9.90 Å². The van der Waals surface area contributed by atoms with Crippen molar-refractivity contribution in [2.24, 2.45) is 7.05 Å². The molecule has 1 aromatic heterocycles. The third kappa shape index (κ3) is 2.73. The van der Waals surface area contributed by atoms with Crippen molar-refractivity contribution in [3.8, 4) is 5.75 Å². The molecule has 3 aromatic rings. The van der Waals surface area contributed by atoms with Crippen LogP contribution in [0.25, 0.3) is 10.9 Å². The fourth-order valence-electron chi connectivity index (χ4n) is 2.42. The smallest absolute Gasteiger partial charge is 0.267 e. The van der Waals surface area contributed by atoms with Gasteiger partial charge in [-0.05, 0) is 30.3 Å². The molecular weight excluding hydrogens is 360 g/mol. The van der Waals surface area contributed by atoms with Crippen molar-refractivity contribution in [3.05, 3.63) is 68.9 Å². The van der Waals surface area contributed by atoms with Gasteiger partial charge in [-0.25, -0.2) is 0 Å². The molecule has 0 bridgehead atoms. The minimum atomic E-state index is -0.642. The summed E-state index contributed by atoms with van der Waals surface area (Å²) in [6.45, 7) is 0. The van der Waals surface area contributed by atoms with Gasteiger partial charge in [0.25, 0.3) is 11.5 Å². The van der Waals surface area contributed by atoms with E-state index in [0.717, 1.165) is 4.47 Å². The van der Waals surface area contributed by atoms with Gasteiger partial charge in [-0.3, -0.25) is 9.59 Å². The summed E-state index contributed by atoms with van der Waals surface area (Å²) in [6, 6.07) is 13.9. The zero-order valence-electron chi connectivity index (χ0n) is 12.2. The zero-order valence-corrected chi connectivity index (χ0v) is 13.8. The molecule has 0 aliphatic carbocycles. The van der Waals surface area contributed by atoms with Crippen LogP contribution in [0.1, 0.15) is 10.4 Å². The van der Waals surface area contributed by atoms with Crippen molar-refractivity contribution in [2.45, 2.75) is 0 Å². The number of amides is 1. The first-order valence-corrected chi connectivity index (χ1v) is 7.66. The molecule has 2 N–H and O–H groups in total. The van der Waals surface area contributed by atoms with Gasteiger partial charge in [-0.15, -0.1) is 0 Å². The molecule has 23 heavy (non-hydrogen) atoms. The van der Waals surface area contributed by atoms with E-state index in [2.05, 4.69) is 21.2 Å². The molecule has 5 nitrogen and oxygen atoms in total. The lowest BCUT2D eigenvalue weighted by Crippen LogP contribution is -2.28. The van der Waals surface area contributed by atoms with E-state index in [-0.39, 0.29) is 11.3 Å². The number of nitrogens with zero attached hydrogens (tertiary/aromatic N) is 1. The minimum absolute atomic E-state index is 0.276. The first-order valence-electron chi connectivity index (χ1n) is 6.86. The second-order valence-electron chi connectivity index (χ2n) is 5.07. The number of para-hydroxylation sites is 1. The summed E-state index contributed by atoms with van der Waals surface area (Å²) in [4.78, 5) is 24.9. The van der Waals surface area contributed by atoms with Gasteiger partial charge in [0.05, 0.1) is 5.52 Å². The zero-order chi connectivity index (χ0) is 16.6. The first-order chi connectivity index (χ1) is 11.0. The Hall–Kier alpha value is -2.60. The molecule has 0 aliphatic rings. The van der Waals surface area contributed by atoms with E-state index in [1.165, 1.54) is 4.57 Å². The molecule has 0 spiro atoms. The van der Waals surface area contributed by atoms with E-state index < -0.39 is 11.5 Å². The minimum Gasteiger partial charge on any atom is -0.506 e. The van der Waals surface area contributed by atoms with E-state index in [0.29, 0.717) is 16.6 Å². The molecule has 2 aromatic carbocycles. The van der Waals surface area contributed by atoms with E-state index >= 15 is 0 Å². The number of aromatic hydroxyl groups is 1. The molecule has 0 radical (unpaired) electrons. The van der Waals surface area contributed by atoms with Gasteiger partial charge in [-0.2, -0.15) is 0 Å². The summed E-state index contributed by atoms with van der Waals surface area (Å²) < 4.78 is 2.09. The topological polar surface area (TPSA) is 71.3 Å². The summed E-state index contributed by atoms with van der Waals surface area (Å²) in [5.41, 5.74) is 0.271. The van der Waals surface area contributed by atoms with Crippen molar-refractivity contribution in [2.75, 3.05) is 5.32 Å². The normalized spacial score (nSPS) is 10.7. The van der Waals surface area contributed by atoms with Gasteiger partial charge in [0, 0.05) is 22.6 Å². The Morgan fingerprint density at radius 3 is 2.57 bits per heavy atom. The number of pyridine rings is 1. The largest absolute Gasteiger partial charge is 0.506 e. The third-order valence-electron chi connectivity index (χ3n) is 3.59. The number of aromatic nitrogens is 1. The number of benzene rings is 2. The quantitative estimate of drug-likeness (QED) is 0.725. The lowest BCUT2D eigenvalue weighted by molar-refractivity contribution is 0.102. The highest BCUT2D eigenvalue weighted by Gasteiger charge is 2.21. The van der Waals surface area contributed by atoms with Crippen LogP contribution in [0, 0.1) is 0 Å². The number of aryl methyl sites for hydroxylation is 1. The SMILES string of the molecule is Cn1c(=O)c(C(=O)Nc2ccccc2)c(O)c2cc(Br)ccc21. The molecule has 1 amide bonds. The number of nitrogens with one attached hydrogen (secondary N) is 1. The van der Waals surface area contributed by atoms with Crippen LogP contribution in [-0.2, 0) is 7.05 Å². The number of rotatable bonds is 2. The maximum atomic E-state index is 12.5. The standard InChI is InChI=1S/C17H13BrN2O3/c1-20-13-8-7-10(18)9-12(13)15(21)14(17(20)23)16(22)19-11-5-3-2-4-6-11/h2-9,21H,1H3,(H,19,22). The number of fused-ring (bicyclic) bond motifs is 1. The summed E-state index contributed by atoms with van der Waals surface area (Å²) in [5.74, 6) is -0.964. The Bertz CT molecular complexity index is 965. The Morgan fingerprint density at radius 1 is 1.17 bits per heavy atom. The van der Waals surface area contributed by atoms with Crippen molar-refractivity contribution in [3.63, 3.8) is 0 Å². The van der Waals surface area contributed by atoms with Crippen LogP contribution >= 0.6 is 15.9 Å². The van der Waals surface area contributed by atoms with Gasteiger partial charge in [0.15, 0.2) is 0 Å². The Kier molecular flexibility index (Phi) is 3.92. The van der Waals surface area contributed by atoms with E-state index in [9.17, 15) is 14.7 Å². The van der Waals surface area contributed by atoms with E-state index in [1.54, 1.807) is 49.5 Å². The van der Waals surface area contributed by atoms with Crippen LogP contribution in [0.4, 0.5) is 5.69 Å². The van der Waals surface area contributed by atoms with Crippen LogP contribution < -0.4 is 10.9 Å².